The standard InChI is InChI=1S/C31H31FN4O2/c1-3-4-5-7-20(2)27-28(34-29(37)21-8-9-21)31(16-6-17-31)30(38)35(27)25-14-15-26-22(18-25)19-33-36(26)24-12-10-23(32)11-13-24/h3-5,7,10-15,18-19,21,27-28H,2,6,8-9,16-17H2,1H3,(H,34,37)/b4-3-,7-5-/t27-,28-/m1/s1. The summed E-state index contributed by atoms with van der Waals surface area (Å²) in [4.78, 5) is 29.0. The average molecular weight is 511 g/mol. The molecular weight excluding hydrogens is 479 g/mol. The van der Waals surface area contributed by atoms with Gasteiger partial charge >= 0.3 is 0 Å². The summed E-state index contributed by atoms with van der Waals surface area (Å²) in [6, 6.07) is 11.3. The lowest BCUT2D eigenvalue weighted by Gasteiger charge is -2.41. The topological polar surface area (TPSA) is 67.2 Å². The predicted octanol–water partition coefficient (Wildman–Crippen LogP) is 5.63. The van der Waals surface area contributed by atoms with Crippen LogP contribution < -0.4 is 10.2 Å². The average Bonchev–Trinajstić information content (AvgIpc) is 3.60. The van der Waals surface area contributed by atoms with E-state index in [0.717, 1.165) is 60.0 Å². The number of hydrogen-bond acceptors (Lipinski definition) is 3. The van der Waals surface area contributed by atoms with Crippen molar-refractivity contribution in [1.82, 2.24) is 15.1 Å². The van der Waals surface area contributed by atoms with E-state index < -0.39 is 11.5 Å². The van der Waals surface area contributed by atoms with Crippen LogP contribution in [0.15, 0.2) is 85.1 Å². The summed E-state index contributed by atoms with van der Waals surface area (Å²) < 4.78 is 15.2. The quantitative estimate of drug-likeness (QED) is 0.419. The fourth-order valence-electron chi connectivity index (χ4n) is 5.87. The third kappa shape index (κ3) is 3.97. The monoisotopic (exact) mass is 510 g/mol. The van der Waals surface area contributed by atoms with Crippen molar-refractivity contribution in [3.8, 4) is 5.69 Å². The zero-order valence-electron chi connectivity index (χ0n) is 21.4. The fraction of sp³-hybridized carbons (Fsp3) is 0.323. The molecule has 0 unspecified atom stereocenters. The Morgan fingerprint density at radius 1 is 1.13 bits per heavy atom. The lowest BCUT2D eigenvalue weighted by Crippen LogP contribution is -2.55. The molecule has 3 fully saturated rings. The van der Waals surface area contributed by atoms with E-state index in [0.29, 0.717) is 0 Å². The van der Waals surface area contributed by atoms with Gasteiger partial charge in [-0.2, -0.15) is 5.10 Å². The number of amides is 2. The maximum absolute atomic E-state index is 14.2. The van der Waals surface area contributed by atoms with E-state index in [4.69, 9.17) is 0 Å². The van der Waals surface area contributed by atoms with E-state index in [1.165, 1.54) is 12.1 Å². The van der Waals surface area contributed by atoms with Crippen LogP contribution in [0.3, 0.4) is 0 Å². The lowest BCUT2D eigenvalue weighted by atomic mass is 9.63. The highest BCUT2D eigenvalue weighted by molar-refractivity contribution is 6.05. The molecular formula is C31H31FN4O2. The Morgan fingerprint density at radius 2 is 1.87 bits per heavy atom. The van der Waals surface area contributed by atoms with Gasteiger partial charge in [-0.1, -0.05) is 37.3 Å². The van der Waals surface area contributed by atoms with Gasteiger partial charge in [0.1, 0.15) is 5.82 Å². The van der Waals surface area contributed by atoms with Gasteiger partial charge in [0, 0.05) is 17.0 Å². The number of aromatic nitrogens is 2. The molecule has 2 aliphatic carbocycles. The van der Waals surface area contributed by atoms with Crippen molar-refractivity contribution in [2.45, 2.75) is 51.1 Å². The van der Waals surface area contributed by atoms with Crippen molar-refractivity contribution < 1.29 is 14.0 Å². The Kier molecular flexibility index (Phi) is 6.01. The SMILES string of the molecule is C=C(/C=C\C=C/C)[C@@H]1[C@@H](NC(=O)C2CC2)C2(CCC2)C(=O)N1c1ccc2c(cnn2-c2ccc(F)cc2)c1. The highest BCUT2D eigenvalue weighted by atomic mass is 19.1. The fourth-order valence-corrected chi connectivity index (χ4v) is 5.87. The second kappa shape index (κ2) is 9.39. The van der Waals surface area contributed by atoms with Crippen LogP contribution in [-0.2, 0) is 9.59 Å². The summed E-state index contributed by atoms with van der Waals surface area (Å²) in [7, 11) is 0. The van der Waals surface area contributed by atoms with Crippen LogP contribution in [0.4, 0.5) is 10.1 Å². The van der Waals surface area contributed by atoms with Gasteiger partial charge in [-0.15, -0.1) is 0 Å². The first-order valence-corrected chi connectivity index (χ1v) is 13.3. The molecule has 2 saturated carbocycles. The largest absolute Gasteiger partial charge is 0.350 e. The zero-order chi connectivity index (χ0) is 26.4. The van der Waals surface area contributed by atoms with E-state index in [1.54, 1.807) is 23.0 Å². The number of carbonyl (C=O) groups is 2. The normalized spacial score (nSPS) is 22.6. The molecule has 194 valence electrons. The predicted molar refractivity (Wildman–Crippen MR) is 146 cm³/mol. The van der Waals surface area contributed by atoms with E-state index in [1.807, 2.05) is 54.3 Å². The molecule has 0 bridgehead atoms. The Morgan fingerprint density at radius 3 is 2.53 bits per heavy atom. The van der Waals surface area contributed by atoms with Gasteiger partial charge in [-0.3, -0.25) is 9.59 Å². The summed E-state index contributed by atoms with van der Waals surface area (Å²) >= 11 is 0. The number of benzene rings is 2. The number of carbonyl (C=O) groups excluding carboxylic acids is 2. The second-order valence-electron chi connectivity index (χ2n) is 10.6. The lowest BCUT2D eigenvalue weighted by molar-refractivity contribution is -0.132. The number of nitrogens with one attached hydrogen (secondary N) is 1. The number of anilines is 1. The van der Waals surface area contributed by atoms with Crippen LogP contribution in [0.25, 0.3) is 16.6 Å². The molecule has 3 aromatic rings. The Labute approximate surface area is 221 Å². The number of allylic oxidation sites excluding steroid dienone is 3. The third-order valence-electron chi connectivity index (χ3n) is 8.22. The molecule has 2 atom stereocenters. The Hall–Kier alpha value is -4.00. The summed E-state index contributed by atoms with van der Waals surface area (Å²) in [5, 5.41) is 8.67. The first-order valence-electron chi connectivity index (χ1n) is 13.3. The first-order chi connectivity index (χ1) is 18.4. The first kappa shape index (κ1) is 24.3. The summed E-state index contributed by atoms with van der Waals surface area (Å²) in [6.45, 7) is 6.31. The third-order valence-corrected chi connectivity index (χ3v) is 8.22. The summed E-state index contributed by atoms with van der Waals surface area (Å²) in [5.74, 6) is -0.164. The van der Waals surface area contributed by atoms with Crippen molar-refractivity contribution >= 4 is 28.4 Å². The molecule has 1 N–H and O–H groups in total. The highest BCUT2D eigenvalue weighted by Crippen LogP contribution is 2.54. The van der Waals surface area contributed by atoms with Crippen LogP contribution in [0.5, 0.6) is 0 Å². The molecule has 2 heterocycles. The van der Waals surface area contributed by atoms with Crippen molar-refractivity contribution in [1.29, 1.82) is 0 Å². The minimum absolute atomic E-state index is 0.0423. The number of fused-ring (bicyclic) bond motifs is 1. The van der Waals surface area contributed by atoms with Gasteiger partial charge < -0.3 is 10.2 Å². The molecule has 1 saturated heterocycles. The van der Waals surface area contributed by atoms with Crippen LogP contribution in [-0.4, -0.2) is 33.7 Å². The Balaban J connectivity index is 1.41. The smallest absolute Gasteiger partial charge is 0.236 e. The van der Waals surface area contributed by atoms with Crippen LogP contribution in [0.2, 0.25) is 0 Å². The molecule has 3 aliphatic rings. The molecule has 6 rings (SSSR count). The second-order valence-corrected chi connectivity index (χ2v) is 10.6. The van der Waals surface area contributed by atoms with Gasteiger partial charge in [-0.25, -0.2) is 9.07 Å². The maximum atomic E-state index is 14.2. The summed E-state index contributed by atoms with van der Waals surface area (Å²) in [5.41, 5.74) is 2.53. The van der Waals surface area contributed by atoms with E-state index >= 15 is 0 Å². The molecule has 0 radical (unpaired) electrons. The minimum Gasteiger partial charge on any atom is -0.350 e. The van der Waals surface area contributed by atoms with Gasteiger partial charge in [0.15, 0.2) is 0 Å². The molecule has 38 heavy (non-hydrogen) atoms. The molecule has 1 spiro atoms. The number of hydrogen-bond donors (Lipinski definition) is 1. The van der Waals surface area contributed by atoms with Gasteiger partial charge in [-0.05, 0) is 80.6 Å². The molecule has 1 aliphatic heterocycles. The van der Waals surface area contributed by atoms with Crippen molar-refractivity contribution in [2.75, 3.05) is 4.90 Å². The van der Waals surface area contributed by atoms with Crippen molar-refractivity contribution in [3.05, 3.63) is 90.9 Å². The van der Waals surface area contributed by atoms with E-state index in [-0.39, 0.29) is 29.6 Å². The maximum Gasteiger partial charge on any atom is 0.236 e. The van der Waals surface area contributed by atoms with Gasteiger partial charge in [0.05, 0.1) is 34.9 Å². The zero-order valence-corrected chi connectivity index (χ0v) is 21.4. The number of halogens is 1. The molecule has 6 nitrogen and oxygen atoms in total. The summed E-state index contributed by atoms with van der Waals surface area (Å²) in [6.07, 6.45) is 13.8. The van der Waals surface area contributed by atoms with Crippen LogP contribution in [0.1, 0.15) is 39.0 Å². The number of nitrogens with zero attached hydrogens (tertiary/aromatic N) is 3. The van der Waals surface area contributed by atoms with E-state index in [2.05, 4.69) is 17.0 Å². The van der Waals surface area contributed by atoms with Crippen molar-refractivity contribution in [3.63, 3.8) is 0 Å². The van der Waals surface area contributed by atoms with Gasteiger partial charge in [0.2, 0.25) is 11.8 Å². The minimum atomic E-state index is -0.611. The van der Waals surface area contributed by atoms with Crippen LogP contribution in [0, 0.1) is 17.2 Å². The molecule has 7 heteroatoms. The Bertz CT molecular complexity index is 1480. The van der Waals surface area contributed by atoms with Crippen LogP contribution >= 0.6 is 0 Å². The van der Waals surface area contributed by atoms with Gasteiger partial charge in [0.25, 0.3) is 0 Å². The van der Waals surface area contributed by atoms with Crippen molar-refractivity contribution in [2.24, 2.45) is 11.3 Å². The van der Waals surface area contributed by atoms with E-state index in [9.17, 15) is 14.0 Å². The highest BCUT2D eigenvalue weighted by Gasteiger charge is 2.63. The number of rotatable bonds is 7. The molecule has 1 aromatic heterocycles. The molecule has 2 aromatic carbocycles. The molecule has 2 amide bonds.